The molecule has 4 nitrogen and oxygen atoms in total. The van der Waals surface area contributed by atoms with E-state index in [2.05, 4.69) is 5.32 Å². The van der Waals surface area contributed by atoms with Crippen molar-refractivity contribution in [2.75, 3.05) is 18.9 Å². The van der Waals surface area contributed by atoms with Crippen LogP contribution in [0.2, 0.25) is 0 Å². The number of anilines is 1. The SMILES string of the molecule is CN(CC(C)(C)O)C(=O)Nc1ccc2ccccc2c1. The van der Waals surface area contributed by atoms with Gasteiger partial charge in [-0.2, -0.15) is 0 Å². The highest BCUT2D eigenvalue weighted by atomic mass is 16.3. The molecule has 2 aromatic carbocycles. The molecule has 4 heteroatoms. The number of nitrogens with zero attached hydrogens (tertiary/aromatic N) is 1. The van der Waals surface area contributed by atoms with E-state index in [1.807, 2.05) is 42.5 Å². The van der Waals surface area contributed by atoms with Crippen molar-refractivity contribution in [2.45, 2.75) is 19.4 Å². The van der Waals surface area contributed by atoms with E-state index in [4.69, 9.17) is 0 Å². The molecular formula is C16H20N2O2. The fourth-order valence-electron chi connectivity index (χ4n) is 2.14. The van der Waals surface area contributed by atoms with Crippen molar-refractivity contribution in [3.63, 3.8) is 0 Å². The molecule has 0 atom stereocenters. The van der Waals surface area contributed by atoms with Crippen molar-refractivity contribution in [1.29, 1.82) is 0 Å². The van der Waals surface area contributed by atoms with Gasteiger partial charge < -0.3 is 15.3 Å². The Morgan fingerprint density at radius 2 is 1.85 bits per heavy atom. The van der Waals surface area contributed by atoms with Gasteiger partial charge in [0.2, 0.25) is 0 Å². The molecule has 0 saturated heterocycles. The number of amides is 2. The van der Waals surface area contributed by atoms with Gasteiger partial charge in [0.05, 0.1) is 12.1 Å². The molecule has 106 valence electrons. The summed E-state index contributed by atoms with van der Waals surface area (Å²) < 4.78 is 0. The van der Waals surface area contributed by atoms with Gasteiger partial charge >= 0.3 is 6.03 Å². The van der Waals surface area contributed by atoms with E-state index < -0.39 is 5.60 Å². The number of carbonyl (C=O) groups excluding carboxylic acids is 1. The summed E-state index contributed by atoms with van der Waals surface area (Å²) in [6.07, 6.45) is 0. The summed E-state index contributed by atoms with van der Waals surface area (Å²) in [6, 6.07) is 13.5. The molecule has 0 aliphatic carbocycles. The number of nitrogens with one attached hydrogen (secondary N) is 1. The number of hydrogen-bond donors (Lipinski definition) is 2. The van der Waals surface area contributed by atoms with E-state index in [-0.39, 0.29) is 12.6 Å². The van der Waals surface area contributed by atoms with Crippen molar-refractivity contribution < 1.29 is 9.90 Å². The van der Waals surface area contributed by atoms with Crippen LogP contribution in [0.25, 0.3) is 10.8 Å². The average molecular weight is 272 g/mol. The van der Waals surface area contributed by atoms with Crippen LogP contribution in [0.3, 0.4) is 0 Å². The van der Waals surface area contributed by atoms with Gasteiger partial charge in [0.25, 0.3) is 0 Å². The summed E-state index contributed by atoms with van der Waals surface area (Å²) in [4.78, 5) is 13.5. The van der Waals surface area contributed by atoms with E-state index in [0.717, 1.165) is 16.5 Å². The van der Waals surface area contributed by atoms with Gasteiger partial charge in [0.15, 0.2) is 0 Å². The van der Waals surface area contributed by atoms with Crippen LogP contribution < -0.4 is 5.32 Å². The summed E-state index contributed by atoms with van der Waals surface area (Å²) in [5, 5.41) is 14.8. The van der Waals surface area contributed by atoms with Crippen LogP contribution in [0.15, 0.2) is 42.5 Å². The minimum atomic E-state index is -0.907. The Morgan fingerprint density at radius 1 is 1.20 bits per heavy atom. The topological polar surface area (TPSA) is 52.6 Å². The minimum Gasteiger partial charge on any atom is -0.389 e. The van der Waals surface area contributed by atoms with Gasteiger partial charge in [0.1, 0.15) is 0 Å². The summed E-state index contributed by atoms with van der Waals surface area (Å²) in [5.74, 6) is 0. The van der Waals surface area contributed by atoms with Crippen LogP contribution in [0.1, 0.15) is 13.8 Å². The van der Waals surface area contributed by atoms with Crippen molar-refractivity contribution in [2.24, 2.45) is 0 Å². The summed E-state index contributed by atoms with van der Waals surface area (Å²) in [6.45, 7) is 3.62. The lowest BCUT2D eigenvalue weighted by Gasteiger charge is -2.25. The van der Waals surface area contributed by atoms with Crippen molar-refractivity contribution in [3.05, 3.63) is 42.5 Å². The third-order valence-electron chi connectivity index (χ3n) is 2.97. The zero-order valence-corrected chi connectivity index (χ0v) is 12.1. The van der Waals surface area contributed by atoms with Crippen LogP contribution >= 0.6 is 0 Å². The molecule has 0 radical (unpaired) electrons. The maximum atomic E-state index is 12.0. The molecule has 0 aliphatic rings. The molecule has 0 saturated carbocycles. The van der Waals surface area contributed by atoms with Gasteiger partial charge in [-0.25, -0.2) is 4.79 Å². The normalized spacial score (nSPS) is 11.4. The Morgan fingerprint density at radius 3 is 2.50 bits per heavy atom. The van der Waals surface area contributed by atoms with Gasteiger partial charge in [-0.3, -0.25) is 0 Å². The maximum Gasteiger partial charge on any atom is 0.321 e. The molecular weight excluding hydrogens is 252 g/mol. The number of benzene rings is 2. The van der Waals surface area contributed by atoms with Gasteiger partial charge in [0, 0.05) is 12.7 Å². The highest BCUT2D eigenvalue weighted by molar-refractivity contribution is 5.93. The van der Waals surface area contributed by atoms with Crippen molar-refractivity contribution in [3.8, 4) is 0 Å². The Labute approximate surface area is 119 Å². The van der Waals surface area contributed by atoms with E-state index in [1.54, 1.807) is 20.9 Å². The smallest absolute Gasteiger partial charge is 0.321 e. The van der Waals surface area contributed by atoms with Gasteiger partial charge in [-0.15, -0.1) is 0 Å². The summed E-state index contributed by atoms with van der Waals surface area (Å²) >= 11 is 0. The van der Waals surface area contributed by atoms with E-state index in [1.165, 1.54) is 4.90 Å². The number of carbonyl (C=O) groups is 1. The van der Waals surface area contributed by atoms with Crippen LogP contribution in [0.5, 0.6) is 0 Å². The molecule has 2 amide bonds. The molecule has 0 aliphatic heterocycles. The number of urea groups is 1. The van der Waals surface area contributed by atoms with Crippen LogP contribution in [0.4, 0.5) is 10.5 Å². The largest absolute Gasteiger partial charge is 0.389 e. The lowest BCUT2D eigenvalue weighted by atomic mass is 10.1. The number of hydrogen-bond acceptors (Lipinski definition) is 2. The quantitative estimate of drug-likeness (QED) is 0.902. The third kappa shape index (κ3) is 3.71. The monoisotopic (exact) mass is 272 g/mol. The lowest BCUT2D eigenvalue weighted by Crippen LogP contribution is -2.41. The molecule has 0 heterocycles. The standard InChI is InChI=1S/C16H20N2O2/c1-16(2,20)11-18(3)15(19)17-14-9-8-12-6-4-5-7-13(12)10-14/h4-10,20H,11H2,1-3H3,(H,17,19). The molecule has 0 aromatic heterocycles. The zero-order valence-electron chi connectivity index (χ0n) is 12.1. The third-order valence-corrected chi connectivity index (χ3v) is 2.97. The second-order valence-electron chi connectivity index (χ2n) is 5.66. The summed E-state index contributed by atoms with van der Waals surface area (Å²) in [5.41, 5.74) is -0.161. The Bertz CT molecular complexity index is 617. The molecule has 0 spiro atoms. The number of rotatable bonds is 3. The van der Waals surface area contributed by atoms with Crippen LogP contribution in [-0.4, -0.2) is 35.2 Å². The second kappa shape index (κ2) is 5.51. The fraction of sp³-hybridized carbons (Fsp3) is 0.312. The highest BCUT2D eigenvalue weighted by Crippen LogP contribution is 2.19. The Kier molecular flexibility index (Phi) is 3.95. The molecule has 0 bridgehead atoms. The Balaban J connectivity index is 2.09. The molecule has 0 unspecified atom stereocenters. The zero-order chi connectivity index (χ0) is 14.8. The second-order valence-corrected chi connectivity index (χ2v) is 5.66. The first-order valence-corrected chi connectivity index (χ1v) is 6.58. The predicted octanol–water partition coefficient (Wildman–Crippen LogP) is 3.07. The maximum absolute atomic E-state index is 12.0. The van der Waals surface area contributed by atoms with Gasteiger partial charge in [-0.05, 0) is 36.8 Å². The van der Waals surface area contributed by atoms with E-state index in [9.17, 15) is 9.90 Å². The van der Waals surface area contributed by atoms with Crippen LogP contribution in [-0.2, 0) is 0 Å². The highest BCUT2D eigenvalue weighted by Gasteiger charge is 2.19. The molecule has 2 N–H and O–H groups in total. The molecule has 20 heavy (non-hydrogen) atoms. The summed E-state index contributed by atoms with van der Waals surface area (Å²) in [7, 11) is 1.66. The van der Waals surface area contributed by atoms with Gasteiger partial charge in [-0.1, -0.05) is 30.3 Å². The van der Waals surface area contributed by atoms with Crippen LogP contribution in [0, 0.1) is 0 Å². The predicted molar refractivity (Wildman–Crippen MR) is 81.9 cm³/mol. The molecule has 0 fully saturated rings. The minimum absolute atomic E-state index is 0.234. The molecule has 2 aromatic rings. The lowest BCUT2D eigenvalue weighted by molar-refractivity contribution is 0.0550. The van der Waals surface area contributed by atoms with E-state index >= 15 is 0 Å². The first-order chi connectivity index (χ1) is 9.35. The number of aliphatic hydroxyl groups is 1. The fourth-order valence-corrected chi connectivity index (χ4v) is 2.14. The van der Waals surface area contributed by atoms with Crippen molar-refractivity contribution >= 4 is 22.5 Å². The Hall–Kier alpha value is -2.07. The van der Waals surface area contributed by atoms with Crippen molar-refractivity contribution in [1.82, 2.24) is 4.90 Å². The number of fused-ring (bicyclic) bond motifs is 1. The average Bonchev–Trinajstić information content (AvgIpc) is 2.36. The van der Waals surface area contributed by atoms with E-state index in [0.29, 0.717) is 0 Å². The first kappa shape index (κ1) is 14.3. The number of likely N-dealkylation sites (N-methyl/N-ethyl adjacent to an activating group) is 1. The first-order valence-electron chi connectivity index (χ1n) is 6.58. The molecule has 2 rings (SSSR count).